The van der Waals surface area contributed by atoms with E-state index in [4.69, 9.17) is 0 Å². The van der Waals surface area contributed by atoms with Crippen molar-refractivity contribution < 1.29 is 5.11 Å². The highest BCUT2D eigenvalue weighted by molar-refractivity contribution is 5.14. The van der Waals surface area contributed by atoms with E-state index in [-0.39, 0.29) is 6.10 Å². The maximum absolute atomic E-state index is 10.1. The molecule has 14 heavy (non-hydrogen) atoms. The number of aliphatic hydroxyl groups is 1. The summed E-state index contributed by atoms with van der Waals surface area (Å²) in [5, 5.41) is 14.5. The van der Waals surface area contributed by atoms with Crippen LogP contribution in [0.4, 0.5) is 0 Å². The first kappa shape index (κ1) is 9.71. The number of hydrogen-bond donors (Lipinski definition) is 1. The lowest BCUT2D eigenvalue weighted by Crippen LogP contribution is -2.28. The topological polar surface area (TPSA) is 38.0 Å². The predicted molar refractivity (Wildman–Crippen MR) is 54.9 cm³/mol. The Kier molecular flexibility index (Phi) is 2.35. The van der Waals surface area contributed by atoms with Crippen molar-refractivity contribution in [3.63, 3.8) is 0 Å². The molecule has 3 heteroatoms. The SMILES string of the molecule is Cc1cc2n(n1)CCC(C(C)C)C2O. The van der Waals surface area contributed by atoms with E-state index in [9.17, 15) is 5.11 Å². The molecule has 0 amide bonds. The molecule has 0 saturated carbocycles. The average molecular weight is 194 g/mol. The van der Waals surface area contributed by atoms with Crippen molar-refractivity contribution in [1.82, 2.24) is 9.78 Å². The fourth-order valence-electron chi connectivity index (χ4n) is 2.33. The molecule has 1 aromatic heterocycles. The summed E-state index contributed by atoms with van der Waals surface area (Å²) in [6.07, 6.45) is 0.706. The molecule has 0 fully saturated rings. The molecule has 3 nitrogen and oxygen atoms in total. The number of fused-ring (bicyclic) bond motifs is 1. The van der Waals surface area contributed by atoms with Crippen LogP contribution in [-0.2, 0) is 6.54 Å². The van der Waals surface area contributed by atoms with Gasteiger partial charge in [-0.15, -0.1) is 0 Å². The number of aromatic nitrogens is 2. The minimum Gasteiger partial charge on any atom is -0.387 e. The minimum atomic E-state index is -0.329. The van der Waals surface area contributed by atoms with Gasteiger partial charge in [-0.3, -0.25) is 4.68 Å². The zero-order chi connectivity index (χ0) is 10.3. The Morgan fingerprint density at radius 1 is 1.57 bits per heavy atom. The Morgan fingerprint density at radius 3 is 2.93 bits per heavy atom. The van der Waals surface area contributed by atoms with E-state index in [1.807, 2.05) is 17.7 Å². The maximum Gasteiger partial charge on any atom is 0.0987 e. The number of rotatable bonds is 1. The summed E-state index contributed by atoms with van der Waals surface area (Å²) in [5.41, 5.74) is 2.00. The third-order valence-electron chi connectivity index (χ3n) is 3.17. The fraction of sp³-hybridized carbons (Fsp3) is 0.727. The molecule has 78 valence electrons. The third-order valence-corrected chi connectivity index (χ3v) is 3.17. The molecule has 0 saturated heterocycles. The summed E-state index contributed by atoms with van der Waals surface area (Å²) in [6.45, 7) is 7.27. The molecule has 2 unspecified atom stereocenters. The minimum absolute atomic E-state index is 0.329. The zero-order valence-electron chi connectivity index (χ0n) is 9.07. The van der Waals surface area contributed by atoms with Crippen LogP contribution in [0.3, 0.4) is 0 Å². The van der Waals surface area contributed by atoms with E-state index >= 15 is 0 Å². The van der Waals surface area contributed by atoms with Crippen LogP contribution < -0.4 is 0 Å². The molecule has 0 aliphatic carbocycles. The van der Waals surface area contributed by atoms with Crippen molar-refractivity contribution in [3.05, 3.63) is 17.5 Å². The maximum atomic E-state index is 10.1. The van der Waals surface area contributed by atoms with Crippen LogP contribution in [0.2, 0.25) is 0 Å². The molecule has 1 N–H and O–H groups in total. The van der Waals surface area contributed by atoms with Crippen LogP contribution in [0.5, 0.6) is 0 Å². The van der Waals surface area contributed by atoms with Crippen molar-refractivity contribution in [1.29, 1.82) is 0 Å². The van der Waals surface area contributed by atoms with Gasteiger partial charge in [0.05, 0.1) is 17.5 Å². The average Bonchev–Trinajstić information content (AvgIpc) is 2.46. The summed E-state index contributed by atoms with van der Waals surface area (Å²) in [4.78, 5) is 0. The van der Waals surface area contributed by atoms with E-state index in [0.717, 1.165) is 24.4 Å². The normalized spacial score (nSPS) is 26.6. The van der Waals surface area contributed by atoms with Crippen molar-refractivity contribution in [2.24, 2.45) is 11.8 Å². The Hall–Kier alpha value is -0.830. The zero-order valence-corrected chi connectivity index (χ0v) is 9.07. The summed E-state index contributed by atoms with van der Waals surface area (Å²) in [5.74, 6) is 0.924. The van der Waals surface area contributed by atoms with Gasteiger partial charge in [-0.2, -0.15) is 5.10 Å². The lowest BCUT2D eigenvalue weighted by molar-refractivity contribution is 0.0476. The number of hydrogen-bond acceptors (Lipinski definition) is 2. The molecule has 2 heterocycles. The van der Waals surface area contributed by atoms with E-state index in [1.54, 1.807) is 0 Å². The molecule has 2 atom stereocenters. The van der Waals surface area contributed by atoms with Crippen LogP contribution in [0, 0.1) is 18.8 Å². The summed E-state index contributed by atoms with van der Waals surface area (Å²) in [6, 6.07) is 2.00. The fourth-order valence-corrected chi connectivity index (χ4v) is 2.33. The summed E-state index contributed by atoms with van der Waals surface area (Å²) < 4.78 is 1.94. The Labute approximate surface area is 84.7 Å². The first-order valence-corrected chi connectivity index (χ1v) is 5.32. The Balaban J connectivity index is 2.31. The second-order valence-corrected chi connectivity index (χ2v) is 4.58. The molecule has 1 aromatic rings. The molecular formula is C11H18N2O. The van der Waals surface area contributed by atoms with Gasteiger partial charge in [0.2, 0.25) is 0 Å². The number of aryl methyl sites for hydroxylation is 2. The van der Waals surface area contributed by atoms with Gasteiger partial charge in [-0.05, 0) is 31.2 Å². The van der Waals surface area contributed by atoms with Crippen molar-refractivity contribution in [2.45, 2.75) is 39.8 Å². The number of nitrogens with zero attached hydrogens (tertiary/aromatic N) is 2. The molecule has 0 radical (unpaired) electrons. The predicted octanol–water partition coefficient (Wildman–Crippen LogP) is 1.90. The Bertz CT molecular complexity index is 330. The van der Waals surface area contributed by atoms with Gasteiger partial charge >= 0.3 is 0 Å². The first-order chi connectivity index (χ1) is 6.59. The number of aliphatic hydroxyl groups excluding tert-OH is 1. The van der Waals surface area contributed by atoms with Gasteiger partial charge in [0, 0.05) is 6.54 Å². The first-order valence-electron chi connectivity index (χ1n) is 5.32. The lowest BCUT2D eigenvalue weighted by atomic mass is 9.84. The lowest BCUT2D eigenvalue weighted by Gasteiger charge is -2.31. The van der Waals surface area contributed by atoms with Gasteiger partial charge in [0.25, 0.3) is 0 Å². The quantitative estimate of drug-likeness (QED) is 0.741. The molecule has 0 bridgehead atoms. The molecule has 0 aromatic carbocycles. The second kappa shape index (κ2) is 3.39. The van der Waals surface area contributed by atoms with Crippen molar-refractivity contribution in [3.8, 4) is 0 Å². The molecule has 1 aliphatic rings. The summed E-state index contributed by atoms with van der Waals surface area (Å²) in [7, 11) is 0. The second-order valence-electron chi connectivity index (χ2n) is 4.58. The van der Waals surface area contributed by atoms with Gasteiger partial charge in [-0.25, -0.2) is 0 Å². The standard InChI is InChI=1S/C11H18N2O/c1-7(2)9-4-5-13-10(11(9)14)6-8(3)12-13/h6-7,9,11,14H,4-5H2,1-3H3. The van der Waals surface area contributed by atoms with E-state index in [1.165, 1.54) is 0 Å². The summed E-state index contributed by atoms with van der Waals surface area (Å²) >= 11 is 0. The molecular weight excluding hydrogens is 176 g/mol. The van der Waals surface area contributed by atoms with E-state index in [2.05, 4.69) is 18.9 Å². The van der Waals surface area contributed by atoms with Gasteiger partial charge in [0.1, 0.15) is 0 Å². The van der Waals surface area contributed by atoms with Crippen LogP contribution in [0.25, 0.3) is 0 Å². The Morgan fingerprint density at radius 2 is 2.29 bits per heavy atom. The molecule has 2 rings (SSSR count). The van der Waals surface area contributed by atoms with Gasteiger partial charge in [0.15, 0.2) is 0 Å². The highest BCUT2D eigenvalue weighted by atomic mass is 16.3. The van der Waals surface area contributed by atoms with Crippen LogP contribution >= 0.6 is 0 Å². The van der Waals surface area contributed by atoms with Crippen LogP contribution in [-0.4, -0.2) is 14.9 Å². The highest BCUT2D eigenvalue weighted by Gasteiger charge is 2.30. The van der Waals surface area contributed by atoms with Crippen LogP contribution in [0.1, 0.15) is 37.8 Å². The largest absolute Gasteiger partial charge is 0.387 e. The van der Waals surface area contributed by atoms with E-state index < -0.39 is 0 Å². The monoisotopic (exact) mass is 194 g/mol. The third kappa shape index (κ3) is 1.46. The molecule has 0 spiro atoms. The highest BCUT2D eigenvalue weighted by Crippen LogP contribution is 2.35. The van der Waals surface area contributed by atoms with Gasteiger partial charge in [-0.1, -0.05) is 13.8 Å². The van der Waals surface area contributed by atoms with Gasteiger partial charge < -0.3 is 5.11 Å². The van der Waals surface area contributed by atoms with Crippen molar-refractivity contribution >= 4 is 0 Å². The van der Waals surface area contributed by atoms with Crippen molar-refractivity contribution in [2.75, 3.05) is 0 Å². The van der Waals surface area contributed by atoms with Crippen LogP contribution in [0.15, 0.2) is 6.07 Å². The molecule has 1 aliphatic heterocycles. The smallest absolute Gasteiger partial charge is 0.0987 e. The van der Waals surface area contributed by atoms with E-state index in [0.29, 0.717) is 11.8 Å².